The highest BCUT2D eigenvalue weighted by Gasteiger charge is 2.34. The van der Waals surface area contributed by atoms with E-state index in [1.807, 2.05) is 49.9 Å². The first-order valence-corrected chi connectivity index (χ1v) is 14.3. The fourth-order valence-electron chi connectivity index (χ4n) is 5.89. The van der Waals surface area contributed by atoms with E-state index in [4.69, 9.17) is 10.00 Å². The molecule has 2 aromatic carbocycles. The minimum atomic E-state index is -0.0800. The number of amides is 1. The highest BCUT2D eigenvalue weighted by atomic mass is 16.5. The molecule has 4 aliphatic heterocycles. The van der Waals surface area contributed by atoms with E-state index in [0.29, 0.717) is 24.6 Å². The summed E-state index contributed by atoms with van der Waals surface area (Å²) in [4.78, 5) is 20.1. The van der Waals surface area contributed by atoms with Crippen molar-refractivity contribution in [2.75, 3.05) is 53.0 Å². The normalized spacial score (nSPS) is 19.9. The summed E-state index contributed by atoms with van der Waals surface area (Å²) in [5, 5.41) is 16.4. The van der Waals surface area contributed by atoms with Crippen LogP contribution in [0.1, 0.15) is 73.0 Å². The summed E-state index contributed by atoms with van der Waals surface area (Å²) >= 11 is 0. The maximum Gasteiger partial charge on any atom is 0.254 e. The number of nitrogens with zero attached hydrogens (tertiary/aromatic N) is 4. The zero-order chi connectivity index (χ0) is 28.4. The van der Waals surface area contributed by atoms with E-state index in [1.165, 1.54) is 17.1 Å². The molecule has 0 spiro atoms. The van der Waals surface area contributed by atoms with Gasteiger partial charge in [0.2, 0.25) is 0 Å². The Hall–Kier alpha value is -3.96. The van der Waals surface area contributed by atoms with E-state index in [1.54, 1.807) is 0 Å². The number of likely N-dealkylation sites (tertiary alicyclic amines) is 1. The van der Waals surface area contributed by atoms with E-state index in [9.17, 15) is 4.79 Å². The first-order chi connectivity index (χ1) is 19.4. The van der Waals surface area contributed by atoms with Crippen molar-refractivity contribution in [1.29, 1.82) is 5.26 Å². The fraction of sp³-hybridized carbons (Fsp3) is 0.455. The highest BCUT2D eigenvalue weighted by molar-refractivity contribution is 5.96. The molecule has 41 heavy (non-hydrogen) atoms. The second kappa shape index (κ2) is 12.7. The number of carbonyl (C=O) groups is 1. The molecule has 8 heteroatoms. The Morgan fingerprint density at radius 3 is 2.39 bits per heavy atom. The lowest BCUT2D eigenvalue weighted by molar-refractivity contribution is 0.0404. The third-order valence-electron chi connectivity index (χ3n) is 8.17. The number of carbonyl (C=O) groups excluding carboxylic acids is 1. The maximum absolute atomic E-state index is 13.5. The van der Waals surface area contributed by atoms with Crippen LogP contribution in [0.15, 0.2) is 59.7 Å². The minimum Gasteiger partial charge on any atom is -0.378 e. The number of allylic oxidation sites excluding steroid dienone is 1. The average Bonchev–Trinajstić information content (AvgIpc) is 3.36. The van der Waals surface area contributed by atoms with E-state index in [-0.39, 0.29) is 20.9 Å². The number of nitrogens with one attached hydrogen (secondary N) is 2. The van der Waals surface area contributed by atoms with Crippen molar-refractivity contribution in [1.82, 2.24) is 25.3 Å². The molecule has 6 rings (SSSR count). The molecule has 0 radical (unpaired) electrons. The van der Waals surface area contributed by atoms with Crippen LogP contribution in [-0.4, -0.2) is 73.6 Å². The second-order valence-electron chi connectivity index (χ2n) is 10.7. The number of hydrogen-bond donors (Lipinski definition) is 2. The molecule has 1 unspecified atom stereocenters. The second-order valence-corrected chi connectivity index (χ2v) is 10.7. The molecule has 2 fully saturated rings. The lowest BCUT2D eigenvalue weighted by atomic mass is 9.89. The minimum absolute atomic E-state index is 0. The number of aryl methyl sites for hydroxylation is 2. The van der Waals surface area contributed by atoms with Gasteiger partial charge in [0, 0.05) is 52.2 Å². The van der Waals surface area contributed by atoms with Crippen molar-refractivity contribution in [3.05, 3.63) is 93.1 Å². The van der Waals surface area contributed by atoms with Gasteiger partial charge in [-0.15, -0.1) is 0 Å². The number of rotatable bonds is 4. The van der Waals surface area contributed by atoms with Gasteiger partial charge in [-0.1, -0.05) is 39.5 Å². The highest BCUT2D eigenvalue weighted by Crippen LogP contribution is 2.33. The van der Waals surface area contributed by atoms with Crippen LogP contribution in [0.4, 0.5) is 0 Å². The van der Waals surface area contributed by atoms with Crippen molar-refractivity contribution >= 4 is 5.91 Å². The van der Waals surface area contributed by atoms with Crippen LogP contribution in [0.3, 0.4) is 0 Å². The number of ether oxygens (including phenoxy) is 1. The topological polar surface area (TPSA) is 83.9 Å². The van der Waals surface area contributed by atoms with Gasteiger partial charge in [0.25, 0.3) is 5.91 Å². The molecule has 4 heterocycles. The molecular weight excluding hydrogens is 512 g/mol. The number of likely N-dealkylation sites (N-methyl/N-ethyl adjacent to an activating group) is 1. The summed E-state index contributed by atoms with van der Waals surface area (Å²) in [6, 6.07) is 14.1. The quantitative estimate of drug-likeness (QED) is 0.555. The van der Waals surface area contributed by atoms with Gasteiger partial charge in [-0.05, 0) is 54.3 Å². The van der Waals surface area contributed by atoms with E-state index in [0.717, 1.165) is 60.8 Å². The standard InChI is InChI=1S/C30H34N6O2.C2H6.CH4.H2/c1-19-12-20(2)25(30(37)36-16-23(17-36)22-6-4-21(15-31)5-7-22)13-24(19)29-32-26-14-28(34(3)18-27(26)33-29)35-8-10-38-11-9-35;1-2;;/h4-7,12-14,23,29,32-33H,8-11,16-18H2,1-3H3;1-2H3;1H4;1H. The molecule has 2 N–H and O–H groups in total. The van der Waals surface area contributed by atoms with Crippen molar-refractivity contribution in [3.8, 4) is 6.07 Å². The van der Waals surface area contributed by atoms with Crippen LogP contribution in [0.25, 0.3) is 0 Å². The first kappa shape index (κ1) is 30.0. The van der Waals surface area contributed by atoms with Crippen molar-refractivity contribution < 1.29 is 11.0 Å². The van der Waals surface area contributed by atoms with Gasteiger partial charge in [0.05, 0.1) is 42.8 Å². The van der Waals surface area contributed by atoms with Crippen LogP contribution < -0.4 is 10.6 Å². The van der Waals surface area contributed by atoms with Gasteiger partial charge in [-0.25, -0.2) is 0 Å². The zero-order valence-corrected chi connectivity index (χ0v) is 24.3. The average molecular weight is 559 g/mol. The number of morpholine rings is 1. The molecule has 2 saturated heterocycles. The monoisotopic (exact) mass is 558 g/mol. The molecule has 0 aromatic heterocycles. The van der Waals surface area contributed by atoms with Crippen molar-refractivity contribution in [3.63, 3.8) is 0 Å². The molecule has 0 aliphatic carbocycles. The van der Waals surface area contributed by atoms with Crippen LogP contribution in [0, 0.1) is 25.2 Å². The Morgan fingerprint density at radius 2 is 1.73 bits per heavy atom. The fourth-order valence-corrected chi connectivity index (χ4v) is 5.89. The van der Waals surface area contributed by atoms with E-state index in [2.05, 4.69) is 58.7 Å². The van der Waals surface area contributed by atoms with Gasteiger partial charge >= 0.3 is 0 Å². The molecule has 8 nitrogen and oxygen atoms in total. The van der Waals surface area contributed by atoms with Crippen LogP contribution in [-0.2, 0) is 4.74 Å². The van der Waals surface area contributed by atoms with Crippen LogP contribution >= 0.6 is 0 Å². The Labute approximate surface area is 246 Å². The van der Waals surface area contributed by atoms with Gasteiger partial charge in [-0.3, -0.25) is 4.79 Å². The zero-order valence-electron chi connectivity index (χ0n) is 24.3. The summed E-state index contributed by atoms with van der Waals surface area (Å²) in [5.41, 5.74) is 8.16. The summed E-state index contributed by atoms with van der Waals surface area (Å²) in [6.07, 6.45) is 2.15. The number of hydrogen-bond acceptors (Lipinski definition) is 7. The predicted molar refractivity (Wildman–Crippen MR) is 165 cm³/mol. The smallest absolute Gasteiger partial charge is 0.254 e. The molecular formula is C33H46N6O2. The third kappa shape index (κ3) is 5.91. The molecule has 220 valence electrons. The summed E-state index contributed by atoms with van der Waals surface area (Å²) in [7, 11) is 2.13. The Kier molecular flexibility index (Phi) is 9.29. The van der Waals surface area contributed by atoms with E-state index >= 15 is 0 Å². The van der Waals surface area contributed by atoms with Gasteiger partial charge in [-0.2, -0.15) is 5.26 Å². The summed E-state index contributed by atoms with van der Waals surface area (Å²) in [5.74, 6) is 1.61. The van der Waals surface area contributed by atoms with Crippen LogP contribution in [0.2, 0.25) is 0 Å². The van der Waals surface area contributed by atoms with Gasteiger partial charge < -0.3 is 30.1 Å². The van der Waals surface area contributed by atoms with Crippen molar-refractivity contribution in [2.45, 2.75) is 47.2 Å². The van der Waals surface area contributed by atoms with Crippen molar-refractivity contribution in [2.24, 2.45) is 0 Å². The van der Waals surface area contributed by atoms with Gasteiger partial charge in [0.1, 0.15) is 12.0 Å². The maximum atomic E-state index is 13.5. The molecule has 2 aromatic rings. The first-order valence-electron chi connectivity index (χ1n) is 14.3. The lowest BCUT2D eigenvalue weighted by Gasteiger charge is -2.40. The summed E-state index contributed by atoms with van der Waals surface area (Å²) in [6.45, 7) is 13.7. The Bertz CT molecular complexity index is 1370. The molecule has 0 saturated carbocycles. The van der Waals surface area contributed by atoms with E-state index < -0.39 is 0 Å². The predicted octanol–water partition coefficient (Wildman–Crippen LogP) is 4.85. The number of nitriles is 1. The molecule has 1 amide bonds. The Balaban J connectivity index is 0.00000119. The molecule has 0 bridgehead atoms. The number of benzene rings is 2. The SMILES string of the molecule is C.CC.Cc1cc(C)c(C2NC3=C(CN(C)C(N4CCOCC4)=C3)N2)cc1C(=O)N1CC(c2ccc(C#N)cc2)C1.[HH]. The summed E-state index contributed by atoms with van der Waals surface area (Å²) < 4.78 is 5.54. The Morgan fingerprint density at radius 1 is 1.05 bits per heavy atom. The lowest BCUT2D eigenvalue weighted by Crippen LogP contribution is -2.48. The van der Waals surface area contributed by atoms with Crippen LogP contribution in [0.5, 0.6) is 0 Å². The molecule has 1 atom stereocenters. The third-order valence-corrected chi connectivity index (χ3v) is 8.17. The molecule has 4 aliphatic rings. The van der Waals surface area contributed by atoms with Gasteiger partial charge in [0.15, 0.2) is 0 Å². The largest absolute Gasteiger partial charge is 0.378 e.